The summed E-state index contributed by atoms with van der Waals surface area (Å²) in [4.78, 5) is 15.7. The highest BCUT2D eigenvalue weighted by molar-refractivity contribution is 6.32. The van der Waals surface area contributed by atoms with Crippen molar-refractivity contribution in [3.63, 3.8) is 0 Å². The van der Waals surface area contributed by atoms with Crippen molar-refractivity contribution in [2.24, 2.45) is 0 Å². The third-order valence-electron chi connectivity index (χ3n) is 2.52. The Balaban J connectivity index is 2.05. The molecule has 6 heteroatoms. The smallest absolute Gasteiger partial charge is 0.341 e. The van der Waals surface area contributed by atoms with E-state index in [4.69, 9.17) is 26.8 Å². The van der Waals surface area contributed by atoms with E-state index < -0.39 is 5.97 Å². The SMILES string of the molecule is Nc1cnc(Cl)c(C(=O)OC2CCOCC2)c1. The molecule has 2 N–H and O–H groups in total. The summed E-state index contributed by atoms with van der Waals surface area (Å²) in [5.41, 5.74) is 6.14. The van der Waals surface area contributed by atoms with Crippen LogP contribution >= 0.6 is 11.6 Å². The highest BCUT2D eigenvalue weighted by Crippen LogP contribution is 2.19. The van der Waals surface area contributed by atoms with Gasteiger partial charge in [0.2, 0.25) is 0 Å². The van der Waals surface area contributed by atoms with Gasteiger partial charge in [0.25, 0.3) is 0 Å². The zero-order valence-corrected chi connectivity index (χ0v) is 9.94. The number of carbonyl (C=O) groups excluding carboxylic acids is 1. The number of nitrogen functional groups attached to an aromatic ring is 1. The highest BCUT2D eigenvalue weighted by atomic mass is 35.5. The summed E-state index contributed by atoms with van der Waals surface area (Å²) >= 11 is 5.82. The standard InChI is InChI=1S/C11H13ClN2O3/c12-10-9(5-7(13)6-14-10)11(15)17-8-1-3-16-4-2-8/h5-6,8H,1-4,13H2. The lowest BCUT2D eigenvalue weighted by atomic mass is 10.1. The average molecular weight is 257 g/mol. The van der Waals surface area contributed by atoms with Gasteiger partial charge in [0.1, 0.15) is 11.3 Å². The molecule has 0 unspecified atom stereocenters. The number of rotatable bonds is 2. The van der Waals surface area contributed by atoms with E-state index in [1.54, 1.807) is 0 Å². The summed E-state index contributed by atoms with van der Waals surface area (Å²) in [5.74, 6) is -0.485. The van der Waals surface area contributed by atoms with E-state index in [1.807, 2.05) is 0 Å². The van der Waals surface area contributed by atoms with Crippen LogP contribution in [0.3, 0.4) is 0 Å². The van der Waals surface area contributed by atoms with E-state index in [9.17, 15) is 4.79 Å². The second-order valence-electron chi connectivity index (χ2n) is 3.82. The summed E-state index contributed by atoms with van der Waals surface area (Å²) in [7, 11) is 0. The normalized spacial score (nSPS) is 16.8. The van der Waals surface area contributed by atoms with Gasteiger partial charge in [-0.05, 0) is 6.07 Å². The van der Waals surface area contributed by atoms with Gasteiger partial charge in [0.15, 0.2) is 0 Å². The minimum atomic E-state index is -0.485. The Morgan fingerprint density at radius 3 is 2.94 bits per heavy atom. The van der Waals surface area contributed by atoms with Gasteiger partial charge in [-0.25, -0.2) is 9.78 Å². The molecule has 0 aliphatic carbocycles. The minimum Gasteiger partial charge on any atom is -0.459 e. The van der Waals surface area contributed by atoms with Crippen LogP contribution in [0.4, 0.5) is 5.69 Å². The zero-order valence-electron chi connectivity index (χ0n) is 9.19. The Morgan fingerprint density at radius 2 is 2.24 bits per heavy atom. The fourth-order valence-electron chi connectivity index (χ4n) is 1.62. The lowest BCUT2D eigenvalue weighted by Gasteiger charge is -2.22. The van der Waals surface area contributed by atoms with Crippen molar-refractivity contribution in [3.8, 4) is 0 Å². The lowest BCUT2D eigenvalue weighted by molar-refractivity contribution is -0.0159. The summed E-state index contributed by atoms with van der Waals surface area (Å²) < 4.78 is 10.5. The molecule has 17 heavy (non-hydrogen) atoms. The van der Waals surface area contributed by atoms with Crippen LogP contribution in [-0.2, 0) is 9.47 Å². The predicted molar refractivity (Wildman–Crippen MR) is 62.9 cm³/mol. The third-order valence-corrected chi connectivity index (χ3v) is 2.82. The molecule has 0 amide bonds. The van der Waals surface area contributed by atoms with Gasteiger partial charge < -0.3 is 15.2 Å². The number of esters is 1. The number of carbonyl (C=O) groups is 1. The lowest BCUT2D eigenvalue weighted by Crippen LogP contribution is -2.26. The van der Waals surface area contributed by atoms with Crippen molar-refractivity contribution < 1.29 is 14.3 Å². The topological polar surface area (TPSA) is 74.4 Å². The molecule has 0 radical (unpaired) electrons. The van der Waals surface area contributed by atoms with Crippen LogP contribution in [0.2, 0.25) is 5.15 Å². The van der Waals surface area contributed by atoms with Crippen molar-refractivity contribution in [1.82, 2.24) is 4.98 Å². The number of pyridine rings is 1. The van der Waals surface area contributed by atoms with E-state index in [2.05, 4.69) is 4.98 Å². The molecule has 0 spiro atoms. The number of nitrogens with zero attached hydrogens (tertiary/aromatic N) is 1. The van der Waals surface area contributed by atoms with E-state index in [0.29, 0.717) is 31.7 Å². The van der Waals surface area contributed by atoms with Crippen LogP contribution in [-0.4, -0.2) is 30.3 Å². The van der Waals surface area contributed by atoms with Gasteiger partial charge in [0.05, 0.1) is 30.7 Å². The quantitative estimate of drug-likeness (QED) is 0.643. The van der Waals surface area contributed by atoms with Crippen molar-refractivity contribution in [2.45, 2.75) is 18.9 Å². The molecule has 1 aliphatic heterocycles. The number of anilines is 1. The van der Waals surface area contributed by atoms with Crippen LogP contribution in [0, 0.1) is 0 Å². The third kappa shape index (κ3) is 3.08. The summed E-state index contributed by atoms with van der Waals surface area (Å²) in [6, 6.07) is 1.47. The van der Waals surface area contributed by atoms with Crippen molar-refractivity contribution in [1.29, 1.82) is 0 Å². The van der Waals surface area contributed by atoms with Gasteiger partial charge >= 0.3 is 5.97 Å². The highest BCUT2D eigenvalue weighted by Gasteiger charge is 2.21. The van der Waals surface area contributed by atoms with Gasteiger partial charge in [-0.3, -0.25) is 0 Å². The molecule has 0 atom stereocenters. The second-order valence-corrected chi connectivity index (χ2v) is 4.18. The molecule has 0 bridgehead atoms. The Bertz CT molecular complexity index is 419. The van der Waals surface area contributed by atoms with Crippen LogP contribution in [0.1, 0.15) is 23.2 Å². The van der Waals surface area contributed by atoms with E-state index in [1.165, 1.54) is 12.3 Å². The van der Waals surface area contributed by atoms with Crippen LogP contribution in [0.25, 0.3) is 0 Å². The molecule has 1 aromatic rings. The van der Waals surface area contributed by atoms with Crippen molar-refractivity contribution >= 4 is 23.3 Å². The molecule has 2 rings (SSSR count). The van der Waals surface area contributed by atoms with Gasteiger partial charge in [-0.1, -0.05) is 11.6 Å². The first kappa shape index (κ1) is 12.1. The Hall–Kier alpha value is -1.33. The first-order valence-corrected chi connectivity index (χ1v) is 5.74. The van der Waals surface area contributed by atoms with E-state index in [-0.39, 0.29) is 16.8 Å². The Kier molecular flexibility index (Phi) is 3.81. The maximum atomic E-state index is 11.8. The number of halogens is 1. The fourth-order valence-corrected chi connectivity index (χ4v) is 1.80. The van der Waals surface area contributed by atoms with Crippen LogP contribution < -0.4 is 5.73 Å². The predicted octanol–water partition coefficient (Wildman–Crippen LogP) is 1.65. The summed E-state index contributed by atoms with van der Waals surface area (Å²) in [6.45, 7) is 1.22. The number of ether oxygens (including phenoxy) is 2. The first-order chi connectivity index (χ1) is 8.16. The molecule has 92 valence electrons. The molecule has 0 saturated carbocycles. The van der Waals surface area contributed by atoms with Crippen LogP contribution in [0.15, 0.2) is 12.3 Å². The van der Waals surface area contributed by atoms with E-state index >= 15 is 0 Å². The maximum Gasteiger partial charge on any atom is 0.341 e. The molecular formula is C11H13ClN2O3. The van der Waals surface area contributed by atoms with Crippen molar-refractivity contribution in [2.75, 3.05) is 18.9 Å². The van der Waals surface area contributed by atoms with Gasteiger partial charge in [-0.15, -0.1) is 0 Å². The Morgan fingerprint density at radius 1 is 1.53 bits per heavy atom. The van der Waals surface area contributed by atoms with Gasteiger partial charge in [-0.2, -0.15) is 0 Å². The number of aromatic nitrogens is 1. The van der Waals surface area contributed by atoms with Gasteiger partial charge in [0, 0.05) is 12.8 Å². The average Bonchev–Trinajstić information content (AvgIpc) is 2.33. The number of hydrogen-bond donors (Lipinski definition) is 1. The maximum absolute atomic E-state index is 11.8. The number of nitrogens with two attached hydrogens (primary N) is 1. The molecule has 1 fully saturated rings. The summed E-state index contributed by atoms with van der Waals surface area (Å²) in [6.07, 6.45) is 2.69. The monoisotopic (exact) mass is 256 g/mol. The molecular weight excluding hydrogens is 244 g/mol. The van der Waals surface area contributed by atoms with E-state index in [0.717, 1.165) is 0 Å². The molecule has 0 aromatic carbocycles. The largest absolute Gasteiger partial charge is 0.459 e. The van der Waals surface area contributed by atoms with Crippen molar-refractivity contribution in [3.05, 3.63) is 23.0 Å². The molecule has 1 saturated heterocycles. The molecule has 1 aliphatic rings. The molecule has 2 heterocycles. The molecule has 5 nitrogen and oxygen atoms in total. The minimum absolute atomic E-state index is 0.108. The zero-order chi connectivity index (χ0) is 12.3. The number of hydrogen-bond acceptors (Lipinski definition) is 5. The molecule has 1 aromatic heterocycles. The Labute approximate surface area is 104 Å². The van der Waals surface area contributed by atoms with Crippen LogP contribution in [0.5, 0.6) is 0 Å². The first-order valence-electron chi connectivity index (χ1n) is 5.36. The summed E-state index contributed by atoms with van der Waals surface area (Å²) in [5, 5.41) is 0.108. The fraction of sp³-hybridized carbons (Fsp3) is 0.455. The second kappa shape index (κ2) is 5.33.